The van der Waals surface area contributed by atoms with Gasteiger partial charge in [0.15, 0.2) is 0 Å². The second-order valence-electron chi connectivity index (χ2n) is 3.72. The molecule has 0 bridgehead atoms. The van der Waals surface area contributed by atoms with E-state index in [1.807, 2.05) is 0 Å². The molecule has 0 amide bonds. The van der Waals surface area contributed by atoms with Gasteiger partial charge in [-0.3, -0.25) is 4.79 Å². The third-order valence-electron chi connectivity index (χ3n) is 2.29. The molecule has 0 saturated carbocycles. The fraction of sp³-hybridized carbons (Fsp3) is 0.308. The van der Waals surface area contributed by atoms with Gasteiger partial charge in [-0.1, -0.05) is 12.1 Å². The Morgan fingerprint density at radius 1 is 1.06 bits per heavy atom. The number of aromatic amines is 1. The van der Waals surface area contributed by atoms with E-state index in [9.17, 15) is 9.90 Å². The Balaban J connectivity index is 0.000000232. The minimum atomic E-state index is -0.286. The van der Waals surface area contributed by atoms with Crippen LogP contribution in [0.2, 0.25) is 0 Å². The van der Waals surface area contributed by atoms with Gasteiger partial charge in [0.2, 0.25) is 0 Å². The smallest absolute Gasteiger partial charge is 0.252 e. The Kier molecular flexibility index (Phi) is 5.90. The molecule has 2 aromatic rings. The van der Waals surface area contributed by atoms with E-state index < -0.39 is 0 Å². The molecule has 18 heavy (non-hydrogen) atoms. The molecule has 98 valence electrons. The second-order valence-corrected chi connectivity index (χ2v) is 3.72. The number of H-pyrrole nitrogens is 1. The van der Waals surface area contributed by atoms with Crippen molar-refractivity contribution in [3.63, 3.8) is 0 Å². The molecule has 2 rings (SSSR count). The number of pyridine rings is 1. The minimum Gasteiger partial charge on any atom is -0.507 e. The normalized spacial score (nSPS) is 9.89. The van der Waals surface area contributed by atoms with Gasteiger partial charge in [0.25, 0.3) is 5.56 Å². The van der Waals surface area contributed by atoms with Crippen molar-refractivity contribution in [2.24, 2.45) is 0 Å². The van der Waals surface area contributed by atoms with E-state index in [0.717, 1.165) is 12.8 Å². The predicted molar refractivity (Wildman–Crippen MR) is 69.6 cm³/mol. The number of rotatable bonds is 3. The van der Waals surface area contributed by atoms with Gasteiger partial charge in [-0.05, 0) is 25.0 Å². The number of aromatic hydroxyl groups is 1. The quantitative estimate of drug-likeness (QED) is 0.612. The second kappa shape index (κ2) is 7.47. The maximum absolute atomic E-state index is 10.9. The van der Waals surface area contributed by atoms with Gasteiger partial charge in [-0.2, -0.15) is 0 Å². The average Bonchev–Trinajstić information content (AvgIpc) is 2.37. The highest BCUT2D eigenvalue weighted by Gasteiger charge is 1.98. The molecule has 0 fully saturated rings. The molecule has 1 heterocycles. The summed E-state index contributed by atoms with van der Waals surface area (Å²) in [6.45, 7) is 0.390. The Bertz CT molecular complexity index is 532. The van der Waals surface area contributed by atoms with Gasteiger partial charge in [-0.15, -0.1) is 0 Å². The summed E-state index contributed by atoms with van der Waals surface area (Å²) in [4.78, 5) is 13.5. The first-order valence-electron chi connectivity index (χ1n) is 5.71. The molecule has 1 aromatic carbocycles. The molecule has 0 atom stereocenters. The van der Waals surface area contributed by atoms with Crippen LogP contribution in [-0.2, 0) is 0 Å². The van der Waals surface area contributed by atoms with Crippen molar-refractivity contribution in [3.05, 3.63) is 40.7 Å². The van der Waals surface area contributed by atoms with E-state index >= 15 is 0 Å². The molecule has 0 unspecified atom stereocenters. The van der Waals surface area contributed by atoms with E-state index in [-0.39, 0.29) is 24.5 Å². The topological polar surface area (TPSA) is 93.5 Å². The molecule has 0 aliphatic heterocycles. The van der Waals surface area contributed by atoms with Crippen LogP contribution in [0, 0.1) is 0 Å². The Morgan fingerprint density at radius 2 is 1.67 bits per heavy atom. The Labute approximate surface area is 104 Å². The molecule has 0 radical (unpaired) electrons. The van der Waals surface area contributed by atoms with Crippen LogP contribution >= 0.6 is 0 Å². The molecule has 1 aromatic heterocycles. The number of aliphatic hydroxyl groups excluding tert-OH is 2. The average molecular weight is 251 g/mol. The first-order chi connectivity index (χ1) is 8.69. The third-order valence-corrected chi connectivity index (χ3v) is 2.29. The summed E-state index contributed by atoms with van der Waals surface area (Å²) in [7, 11) is 0. The monoisotopic (exact) mass is 251 g/mol. The number of aliphatic hydroxyl groups is 2. The molecular weight excluding hydrogens is 234 g/mol. The van der Waals surface area contributed by atoms with Gasteiger partial charge in [0.05, 0.1) is 5.52 Å². The molecular formula is C13H17NO4. The number of unbranched alkanes of at least 4 members (excludes halogenated alkanes) is 1. The van der Waals surface area contributed by atoms with Crippen LogP contribution in [0.3, 0.4) is 0 Å². The van der Waals surface area contributed by atoms with Crippen molar-refractivity contribution in [3.8, 4) is 5.75 Å². The summed E-state index contributed by atoms with van der Waals surface area (Å²) in [6, 6.07) is 8.28. The number of nitrogens with one attached hydrogen (secondary N) is 1. The number of hydrogen-bond acceptors (Lipinski definition) is 4. The van der Waals surface area contributed by atoms with Gasteiger partial charge < -0.3 is 20.3 Å². The highest BCUT2D eigenvalue weighted by molar-refractivity contribution is 5.84. The first kappa shape index (κ1) is 14.2. The standard InChI is InChI=1S/C9H7NO2.C4H10O2/c11-8-5-9(12)10-7-4-2-1-3-6(7)8;5-3-1-2-4-6/h1-5H,(H2,10,11,12);5-6H,1-4H2. The molecule has 0 aliphatic carbocycles. The van der Waals surface area contributed by atoms with Crippen molar-refractivity contribution >= 4 is 10.9 Å². The van der Waals surface area contributed by atoms with Crippen LogP contribution in [0.1, 0.15) is 12.8 Å². The summed E-state index contributed by atoms with van der Waals surface area (Å²) in [5.41, 5.74) is 0.369. The van der Waals surface area contributed by atoms with Crippen LogP contribution in [0.4, 0.5) is 0 Å². The highest BCUT2D eigenvalue weighted by Crippen LogP contribution is 2.19. The van der Waals surface area contributed by atoms with E-state index in [0.29, 0.717) is 10.9 Å². The predicted octanol–water partition coefficient (Wildman–Crippen LogP) is 0.985. The van der Waals surface area contributed by atoms with Crippen molar-refractivity contribution in [1.29, 1.82) is 0 Å². The van der Waals surface area contributed by atoms with Gasteiger partial charge in [-0.25, -0.2) is 0 Å². The SMILES string of the molecule is O=c1cc(O)c2ccccc2[nH]1.OCCCCO. The van der Waals surface area contributed by atoms with E-state index in [1.165, 1.54) is 6.07 Å². The molecule has 4 N–H and O–H groups in total. The highest BCUT2D eigenvalue weighted by atomic mass is 16.3. The summed E-state index contributed by atoms with van der Waals surface area (Å²) >= 11 is 0. The molecule has 5 heteroatoms. The van der Waals surface area contributed by atoms with Crippen LogP contribution < -0.4 is 5.56 Å². The molecule has 0 aliphatic rings. The van der Waals surface area contributed by atoms with Crippen LogP contribution in [0.25, 0.3) is 10.9 Å². The van der Waals surface area contributed by atoms with Crippen molar-refractivity contribution in [1.82, 2.24) is 4.98 Å². The van der Waals surface area contributed by atoms with E-state index in [1.54, 1.807) is 24.3 Å². The van der Waals surface area contributed by atoms with Crippen LogP contribution in [0.5, 0.6) is 5.75 Å². The van der Waals surface area contributed by atoms with Gasteiger partial charge in [0, 0.05) is 24.7 Å². The summed E-state index contributed by atoms with van der Waals surface area (Å²) in [6.07, 6.45) is 1.44. The lowest BCUT2D eigenvalue weighted by atomic mass is 10.2. The fourth-order valence-corrected chi connectivity index (χ4v) is 1.41. The molecule has 0 saturated heterocycles. The van der Waals surface area contributed by atoms with Crippen molar-refractivity contribution in [2.75, 3.05) is 13.2 Å². The zero-order chi connectivity index (χ0) is 13.4. The third kappa shape index (κ3) is 4.20. The zero-order valence-corrected chi connectivity index (χ0v) is 9.97. The number of hydrogen-bond donors (Lipinski definition) is 4. The minimum absolute atomic E-state index is 0.0225. The summed E-state index contributed by atoms with van der Waals surface area (Å²) in [5.74, 6) is 0.0225. The number of fused-ring (bicyclic) bond motifs is 1. The lowest BCUT2D eigenvalue weighted by Crippen LogP contribution is -2.02. The van der Waals surface area contributed by atoms with Gasteiger partial charge >= 0.3 is 0 Å². The maximum atomic E-state index is 10.9. The van der Waals surface area contributed by atoms with E-state index in [4.69, 9.17) is 10.2 Å². The Hall–Kier alpha value is -1.85. The Morgan fingerprint density at radius 3 is 2.28 bits per heavy atom. The summed E-state index contributed by atoms with van der Waals surface area (Å²) in [5, 5.41) is 26.2. The van der Waals surface area contributed by atoms with Crippen molar-refractivity contribution in [2.45, 2.75) is 12.8 Å². The fourth-order valence-electron chi connectivity index (χ4n) is 1.41. The molecule has 5 nitrogen and oxygen atoms in total. The van der Waals surface area contributed by atoms with E-state index in [2.05, 4.69) is 4.98 Å². The lowest BCUT2D eigenvalue weighted by Gasteiger charge is -1.97. The molecule has 0 spiro atoms. The first-order valence-corrected chi connectivity index (χ1v) is 5.71. The number of benzene rings is 1. The van der Waals surface area contributed by atoms with Crippen molar-refractivity contribution < 1.29 is 15.3 Å². The summed E-state index contributed by atoms with van der Waals surface area (Å²) < 4.78 is 0. The maximum Gasteiger partial charge on any atom is 0.252 e. The number of para-hydroxylation sites is 1. The largest absolute Gasteiger partial charge is 0.507 e. The number of aromatic nitrogens is 1. The lowest BCUT2D eigenvalue weighted by molar-refractivity contribution is 0.242. The van der Waals surface area contributed by atoms with Crippen LogP contribution in [0.15, 0.2) is 35.1 Å². The zero-order valence-electron chi connectivity index (χ0n) is 9.97. The van der Waals surface area contributed by atoms with Crippen LogP contribution in [-0.4, -0.2) is 33.5 Å². The van der Waals surface area contributed by atoms with Gasteiger partial charge in [0.1, 0.15) is 5.75 Å².